The third kappa shape index (κ3) is 4.16. The molecular formula is C29H29FN8O2. The maximum absolute atomic E-state index is 15.2. The summed E-state index contributed by atoms with van der Waals surface area (Å²) in [5.74, 6) is -0.896. The number of benzene rings is 1. The first kappa shape index (κ1) is 24.6. The zero-order valence-corrected chi connectivity index (χ0v) is 22.1. The van der Waals surface area contributed by atoms with Gasteiger partial charge in [0.15, 0.2) is 5.65 Å². The van der Waals surface area contributed by atoms with Crippen LogP contribution in [0.25, 0.3) is 17.0 Å². The molecule has 1 unspecified atom stereocenters. The van der Waals surface area contributed by atoms with Crippen molar-refractivity contribution in [2.45, 2.75) is 44.6 Å². The summed E-state index contributed by atoms with van der Waals surface area (Å²) >= 11 is 0. The van der Waals surface area contributed by atoms with Crippen LogP contribution in [0.1, 0.15) is 65.5 Å². The lowest BCUT2D eigenvalue weighted by Gasteiger charge is -2.35. The molecule has 40 heavy (non-hydrogen) atoms. The highest BCUT2D eigenvalue weighted by molar-refractivity contribution is 5.93. The Labute approximate surface area is 230 Å². The van der Waals surface area contributed by atoms with Crippen LogP contribution in [-0.4, -0.2) is 60.9 Å². The van der Waals surface area contributed by atoms with Crippen LogP contribution >= 0.6 is 0 Å². The molecule has 10 nitrogen and oxygen atoms in total. The summed E-state index contributed by atoms with van der Waals surface area (Å²) in [4.78, 5) is 42.1. The smallest absolute Gasteiger partial charge is 0.273 e. The summed E-state index contributed by atoms with van der Waals surface area (Å²) in [6.45, 7) is 3.62. The van der Waals surface area contributed by atoms with E-state index in [1.807, 2.05) is 28.0 Å². The molecule has 3 aromatic heterocycles. The first-order valence-corrected chi connectivity index (χ1v) is 13.7. The minimum atomic E-state index is -0.756. The summed E-state index contributed by atoms with van der Waals surface area (Å²) in [7, 11) is 0. The third-order valence-electron chi connectivity index (χ3n) is 8.40. The summed E-state index contributed by atoms with van der Waals surface area (Å²) in [5, 5.41) is 4.64. The lowest BCUT2D eigenvalue weighted by Crippen LogP contribution is -2.39. The number of carbonyl (C=O) groups excluding carboxylic acids is 2. The average Bonchev–Trinajstić information content (AvgIpc) is 3.51. The van der Waals surface area contributed by atoms with Gasteiger partial charge in [0, 0.05) is 37.3 Å². The van der Waals surface area contributed by atoms with E-state index in [0.717, 1.165) is 30.5 Å². The molecule has 0 radical (unpaired) electrons. The molecule has 0 spiro atoms. The van der Waals surface area contributed by atoms with E-state index in [2.05, 4.69) is 39.1 Å². The molecule has 1 saturated heterocycles. The van der Waals surface area contributed by atoms with Crippen molar-refractivity contribution in [2.75, 3.05) is 24.5 Å². The Bertz CT molecular complexity index is 1670. The van der Waals surface area contributed by atoms with Crippen molar-refractivity contribution in [3.63, 3.8) is 0 Å². The lowest BCUT2D eigenvalue weighted by molar-refractivity contribution is -0.121. The molecule has 11 heteroatoms. The van der Waals surface area contributed by atoms with Crippen LogP contribution in [0.3, 0.4) is 0 Å². The predicted molar refractivity (Wildman–Crippen MR) is 145 cm³/mol. The van der Waals surface area contributed by atoms with Gasteiger partial charge in [0.2, 0.25) is 11.9 Å². The Morgan fingerprint density at radius 1 is 1.07 bits per heavy atom. The summed E-state index contributed by atoms with van der Waals surface area (Å²) in [5.41, 5.74) is 9.90. The van der Waals surface area contributed by atoms with Gasteiger partial charge < -0.3 is 15.5 Å². The maximum atomic E-state index is 15.2. The number of amides is 2. The molecule has 204 valence electrons. The lowest BCUT2D eigenvalue weighted by atomic mass is 9.93. The van der Waals surface area contributed by atoms with Gasteiger partial charge in [0.1, 0.15) is 22.9 Å². The molecule has 2 aliphatic heterocycles. The van der Waals surface area contributed by atoms with Crippen molar-refractivity contribution in [3.8, 4) is 11.4 Å². The van der Waals surface area contributed by atoms with Gasteiger partial charge in [-0.05, 0) is 49.8 Å². The highest BCUT2D eigenvalue weighted by Gasteiger charge is 2.33. The van der Waals surface area contributed by atoms with Crippen LogP contribution in [0, 0.1) is 11.9 Å². The number of halogens is 1. The highest BCUT2D eigenvalue weighted by Crippen LogP contribution is 2.41. The molecule has 2 atom stereocenters. The number of fused-ring (bicyclic) bond motifs is 2. The zero-order chi connectivity index (χ0) is 27.5. The number of aromatic nitrogens is 5. The molecule has 1 aromatic carbocycles. The summed E-state index contributed by atoms with van der Waals surface area (Å²) < 4.78 is 16.9. The predicted octanol–water partition coefficient (Wildman–Crippen LogP) is 3.27. The van der Waals surface area contributed by atoms with Gasteiger partial charge in [0.25, 0.3) is 5.91 Å². The van der Waals surface area contributed by atoms with E-state index in [-0.39, 0.29) is 35.4 Å². The number of nitrogens with zero attached hydrogens (tertiary/aromatic N) is 7. The van der Waals surface area contributed by atoms with Gasteiger partial charge >= 0.3 is 0 Å². The van der Waals surface area contributed by atoms with Crippen molar-refractivity contribution in [2.24, 2.45) is 11.7 Å². The van der Waals surface area contributed by atoms with Gasteiger partial charge in [-0.3, -0.25) is 9.59 Å². The second-order valence-corrected chi connectivity index (χ2v) is 11.0. The van der Waals surface area contributed by atoms with Crippen molar-refractivity contribution < 1.29 is 14.0 Å². The van der Waals surface area contributed by atoms with Crippen molar-refractivity contribution in [1.29, 1.82) is 0 Å². The fourth-order valence-corrected chi connectivity index (χ4v) is 5.97. The third-order valence-corrected chi connectivity index (χ3v) is 8.40. The van der Waals surface area contributed by atoms with Gasteiger partial charge in [-0.1, -0.05) is 24.3 Å². The topological polar surface area (TPSA) is 123 Å². The maximum Gasteiger partial charge on any atom is 0.273 e. The van der Waals surface area contributed by atoms with Gasteiger partial charge in [-0.25, -0.2) is 14.5 Å². The number of rotatable bonds is 5. The Morgan fingerprint density at radius 2 is 1.90 bits per heavy atom. The van der Waals surface area contributed by atoms with E-state index in [4.69, 9.17) is 5.73 Å². The van der Waals surface area contributed by atoms with Gasteiger partial charge in [-0.15, -0.1) is 0 Å². The average molecular weight is 541 g/mol. The van der Waals surface area contributed by atoms with E-state index >= 15 is 4.39 Å². The van der Waals surface area contributed by atoms with Gasteiger partial charge in [0.05, 0.1) is 18.2 Å². The minimum absolute atomic E-state index is 0.00998. The van der Waals surface area contributed by atoms with Crippen molar-refractivity contribution in [1.82, 2.24) is 29.5 Å². The fourth-order valence-electron chi connectivity index (χ4n) is 5.97. The zero-order valence-electron chi connectivity index (χ0n) is 22.1. The fraction of sp³-hybridized carbons (Fsp3) is 0.379. The normalized spacial score (nSPS) is 20.6. The van der Waals surface area contributed by atoms with Crippen LogP contribution in [-0.2, 0) is 11.2 Å². The number of primary amides is 1. The van der Waals surface area contributed by atoms with E-state index in [1.165, 1.54) is 11.8 Å². The summed E-state index contributed by atoms with van der Waals surface area (Å²) in [6.07, 6.45) is 4.90. The molecular weight excluding hydrogens is 511 g/mol. The van der Waals surface area contributed by atoms with Crippen LogP contribution < -0.4 is 10.6 Å². The van der Waals surface area contributed by atoms with Crippen LogP contribution in [0.5, 0.6) is 0 Å². The number of hydrogen-bond acceptors (Lipinski definition) is 7. The summed E-state index contributed by atoms with van der Waals surface area (Å²) in [6, 6.07) is 11.7. The largest absolute Gasteiger partial charge is 0.369 e. The van der Waals surface area contributed by atoms with Crippen molar-refractivity contribution >= 4 is 23.3 Å². The standard InChI is InChI=1S/C29H29FN8O2/c1-16-20-5-3-2-4-17(20)9-11-37(16)29(40)22-12-23(18-6-7-18)38-24(33-22)13-21(35-38)26-27(30)34-25(14-32-26)36-10-8-19(15-36)28(31)39/h2-5,12-14,16,18-19H,6-11,15H2,1H3,(H2,31,39)/t16-,19?/m1/s1. The van der Waals surface area contributed by atoms with E-state index in [0.29, 0.717) is 48.9 Å². The number of anilines is 1. The quantitative estimate of drug-likeness (QED) is 0.412. The van der Waals surface area contributed by atoms with Crippen LogP contribution in [0.15, 0.2) is 42.6 Å². The van der Waals surface area contributed by atoms with Gasteiger partial charge in [-0.2, -0.15) is 14.5 Å². The molecule has 2 N–H and O–H groups in total. The van der Waals surface area contributed by atoms with E-state index < -0.39 is 5.95 Å². The molecule has 2 fully saturated rings. The Hall–Kier alpha value is -4.41. The molecule has 4 aromatic rings. The number of carbonyl (C=O) groups is 2. The van der Waals surface area contributed by atoms with Crippen molar-refractivity contribution in [3.05, 3.63) is 71.1 Å². The Balaban J connectivity index is 1.21. The first-order valence-electron chi connectivity index (χ1n) is 13.7. The monoisotopic (exact) mass is 540 g/mol. The van der Waals surface area contributed by atoms with Crippen LogP contribution in [0.2, 0.25) is 0 Å². The number of hydrogen-bond donors (Lipinski definition) is 1. The molecule has 5 heterocycles. The second-order valence-electron chi connectivity index (χ2n) is 11.0. The number of nitrogens with two attached hydrogens (primary N) is 1. The molecule has 2 amide bonds. The SMILES string of the molecule is C[C@@H]1c2ccccc2CCN1C(=O)c1cc(C2CC2)n2nc(-c3ncc(N4CCC(C(N)=O)C4)nc3F)cc2n1. The van der Waals surface area contributed by atoms with E-state index in [1.54, 1.807) is 10.6 Å². The minimum Gasteiger partial charge on any atom is -0.369 e. The van der Waals surface area contributed by atoms with Crippen LogP contribution in [0.4, 0.5) is 10.2 Å². The molecule has 7 rings (SSSR count). The highest BCUT2D eigenvalue weighted by atomic mass is 19.1. The first-order chi connectivity index (χ1) is 19.4. The molecule has 0 bridgehead atoms. The molecule has 1 aliphatic carbocycles. The van der Waals surface area contributed by atoms with E-state index in [9.17, 15) is 9.59 Å². The Kier molecular flexibility index (Phi) is 5.76. The second kappa shape index (κ2) is 9.35. The molecule has 1 saturated carbocycles. The molecule has 3 aliphatic rings. The Morgan fingerprint density at radius 3 is 2.65 bits per heavy atom.